The van der Waals surface area contributed by atoms with Crippen molar-refractivity contribution in [2.24, 2.45) is 5.41 Å². The molecule has 3 heteroatoms. The van der Waals surface area contributed by atoms with Gasteiger partial charge in [0, 0.05) is 6.54 Å². The molecule has 1 saturated heterocycles. The van der Waals surface area contributed by atoms with E-state index in [0.29, 0.717) is 0 Å². The van der Waals surface area contributed by atoms with Gasteiger partial charge in [0.1, 0.15) is 0 Å². The molecule has 116 valence electrons. The fraction of sp³-hybridized carbons (Fsp3) is 0.611. The molecule has 0 spiro atoms. The van der Waals surface area contributed by atoms with Gasteiger partial charge < -0.3 is 10.6 Å². The topological polar surface area (TPSA) is 41.1 Å². The number of aryl methyl sites for hydroxylation is 1. The molecule has 0 bridgehead atoms. The third-order valence-electron chi connectivity index (χ3n) is 4.83. The fourth-order valence-corrected chi connectivity index (χ4v) is 2.82. The highest BCUT2D eigenvalue weighted by molar-refractivity contribution is 5.87. The molecule has 1 fully saturated rings. The monoisotopic (exact) mass is 288 g/mol. The molecule has 0 unspecified atom stereocenters. The summed E-state index contributed by atoms with van der Waals surface area (Å²) in [7, 11) is 0. The van der Waals surface area contributed by atoms with E-state index in [1.807, 2.05) is 13.8 Å². The average molecular weight is 288 g/mol. The molecule has 1 aromatic carbocycles. The van der Waals surface area contributed by atoms with Gasteiger partial charge in [0.15, 0.2) is 0 Å². The first-order valence-corrected chi connectivity index (χ1v) is 7.90. The summed E-state index contributed by atoms with van der Waals surface area (Å²) in [5.74, 6) is 0.117. The van der Waals surface area contributed by atoms with Gasteiger partial charge in [-0.2, -0.15) is 0 Å². The lowest BCUT2D eigenvalue weighted by atomic mass is 9.79. The second kappa shape index (κ2) is 6.18. The summed E-state index contributed by atoms with van der Waals surface area (Å²) < 4.78 is 0. The zero-order valence-corrected chi connectivity index (χ0v) is 13.8. The highest BCUT2D eigenvalue weighted by Gasteiger charge is 2.32. The van der Waals surface area contributed by atoms with E-state index < -0.39 is 5.41 Å². The van der Waals surface area contributed by atoms with Crippen molar-refractivity contribution >= 4 is 5.91 Å². The van der Waals surface area contributed by atoms with Gasteiger partial charge in [-0.1, -0.05) is 36.8 Å². The number of rotatable bonds is 4. The minimum absolute atomic E-state index is 0.117. The Kier molecular flexibility index (Phi) is 4.72. The van der Waals surface area contributed by atoms with Crippen LogP contribution in [0.3, 0.4) is 0 Å². The summed E-state index contributed by atoms with van der Waals surface area (Å²) in [6.45, 7) is 11.2. The lowest BCUT2D eigenvalue weighted by Gasteiger charge is -2.35. The molecule has 1 amide bonds. The Morgan fingerprint density at radius 1 is 1.24 bits per heavy atom. The Hall–Kier alpha value is -1.35. The Labute approximate surface area is 128 Å². The van der Waals surface area contributed by atoms with E-state index in [-0.39, 0.29) is 11.3 Å². The van der Waals surface area contributed by atoms with Crippen LogP contribution < -0.4 is 10.6 Å². The van der Waals surface area contributed by atoms with Crippen molar-refractivity contribution in [3.8, 4) is 0 Å². The number of nitrogens with one attached hydrogen (secondary N) is 2. The molecule has 1 aromatic rings. The fourth-order valence-electron chi connectivity index (χ4n) is 2.82. The maximum absolute atomic E-state index is 12.6. The van der Waals surface area contributed by atoms with Gasteiger partial charge in [0.25, 0.3) is 0 Å². The number of amides is 1. The summed E-state index contributed by atoms with van der Waals surface area (Å²) in [5, 5.41) is 6.56. The van der Waals surface area contributed by atoms with Crippen LogP contribution in [0.25, 0.3) is 0 Å². The maximum atomic E-state index is 12.6. The third-order valence-corrected chi connectivity index (χ3v) is 4.83. The number of carbonyl (C=O) groups excluding carboxylic acids is 1. The van der Waals surface area contributed by atoms with Crippen molar-refractivity contribution in [1.82, 2.24) is 10.6 Å². The van der Waals surface area contributed by atoms with Crippen LogP contribution in [0.15, 0.2) is 24.3 Å². The SMILES string of the molecule is Cc1ccc(C(C)(C)C(=O)NCC2(C)CCNCC2)cc1. The van der Waals surface area contributed by atoms with Gasteiger partial charge in [-0.25, -0.2) is 0 Å². The quantitative estimate of drug-likeness (QED) is 0.894. The summed E-state index contributed by atoms with van der Waals surface area (Å²) >= 11 is 0. The largest absolute Gasteiger partial charge is 0.355 e. The zero-order valence-electron chi connectivity index (χ0n) is 13.8. The number of hydrogen-bond acceptors (Lipinski definition) is 2. The summed E-state index contributed by atoms with van der Waals surface area (Å²) in [4.78, 5) is 12.6. The van der Waals surface area contributed by atoms with E-state index in [9.17, 15) is 4.79 Å². The van der Waals surface area contributed by atoms with Crippen LogP contribution in [-0.2, 0) is 10.2 Å². The van der Waals surface area contributed by atoms with Crippen molar-refractivity contribution in [2.45, 2.75) is 46.0 Å². The first-order chi connectivity index (χ1) is 9.83. The highest BCUT2D eigenvalue weighted by atomic mass is 16.2. The van der Waals surface area contributed by atoms with E-state index in [1.54, 1.807) is 0 Å². The molecule has 3 nitrogen and oxygen atoms in total. The van der Waals surface area contributed by atoms with E-state index in [1.165, 1.54) is 5.56 Å². The first-order valence-electron chi connectivity index (χ1n) is 7.90. The number of carbonyl (C=O) groups is 1. The van der Waals surface area contributed by atoms with Crippen LogP contribution in [0, 0.1) is 12.3 Å². The first kappa shape index (κ1) is 16.0. The van der Waals surface area contributed by atoms with E-state index >= 15 is 0 Å². The molecule has 0 aromatic heterocycles. The van der Waals surface area contributed by atoms with Gasteiger partial charge >= 0.3 is 0 Å². The molecule has 1 heterocycles. The second-order valence-electron chi connectivity index (χ2n) is 7.23. The van der Waals surface area contributed by atoms with Crippen molar-refractivity contribution in [3.63, 3.8) is 0 Å². The van der Waals surface area contributed by atoms with Gasteiger partial charge in [0.2, 0.25) is 5.91 Å². The lowest BCUT2D eigenvalue weighted by Crippen LogP contribution is -2.47. The van der Waals surface area contributed by atoms with Crippen LogP contribution in [0.1, 0.15) is 44.7 Å². The number of piperidine rings is 1. The summed E-state index contributed by atoms with van der Waals surface area (Å²) in [6.07, 6.45) is 2.25. The molecule has 1 aliphatic rings. The smallest absolute Gasteiger partial charge is 0.230 e. The van der Waals surface area contributed by atoms with Crippen LogP contribution in [-0.4, -0.2) is 25.5 Å². The molecule has 0 radical (unpaired) electrons. The molecule has 0 atom stereocenters. The maximum Gasteiger partial charge on any atom is 0.230 e. The molecule has 2 rings (SSSR count). The van der Waals surface area contributed by atoms with Crippen LogP contribution >= 0.6 is 0 Å². The number of benzene rings is 1. The third kappa shape index (κ3) is 3.85. The second-order valence-corrected chi connectivity index (χ2v) is 7.23. The minimum atomic E-state index is -0.489. The van der Waals surface area contributed by atoms with Crippen molar-refractivity contribution in [3.05, 3.63) is 35.4 Å². The van der Waals surface area contributed by atoms with Crippen molar-refractivity contribution < 1.29 is 4.79 Å². The predicted molar refractivity (Wildman–Crippen MR) is 87.4 cm³/mol. The molecule has 2 N–H and O–H groups in total. The van der Waals surface area contributed by atoms with Crippen molar-refractivity contribution in [2.75, 3.05) is 19.6 Å². The Morgan fingerprint density at radius 2 is 1.81 bits per heavy atom. The standard InChI is InChI=1S/C18H28N2O/c1-14-5-7-15(8-6-14)17(2,3)16(21)20-13-18(4)9-11-19-12-10-18/h5-8,19H,9-13H2,1-4H3,(H,20,21). The number of hydrogen-bond donors (Lipinski definition) is 2. The van der Waals surface area contributed by atoms with Gasteiger partial charge in [-0.05, 0) is 57.7 Å². The van der Waals surface area contributed by atoms with Crippen molar-refractivity contribution in [1.29, 1.82) is 0 Å². The normalized spacial score (nSPS) is 18.3. The van der Waals surface area contributed by atoms with E-state index in [2.05, 4.69) is 48.7 Å². The molecule has 0 aliphatic carbocycles. The minimum Gasteiger partial charge on any atom is -0.355 e. The van der Waals surface area contributed by atoms with E-state index in [0.717, 1.165) is 38.0 Å². The molecule has 1 aliphatic heterocycles. The molecule has 21 heavy (non-hydrogen) atoms. The predicted octanol–water partition coefficient (Wildman–Crippen LogP) is 2.78. The summed E-state index contributed by atoms with van der Waals surface area (Å²) in [6, 6.07) is 8.25. The Bertz CT molecular complexity index is 484. The van der Waals surface area contributed by atoms with Crippen LogP contribution in [0.5, 0.6) is 0 Å². The molecular weight excluding hydrogens is 260 g/mol. The molecular formula is C18H28N2O. The van der Waals surface area contributed by atoms with Crippen LogP contribution in [0.2, 0.25) is 0 Å². The van der Waals surface area contributed by atoms with E-state index in [4.69, 9.17) is 0 Å². The van der Waals surface area contributed by atoms with Gasteiger partial charge in [-0.3, -0.25) is 4.79 Å². The van der Waals surface area contributed by atoms with Gasteiger partial charge in [0.05, 0.1) is 5.41 Å². The average Bonchev–Trinajstić information content (AvgIpc) is 2.46. The lowest BCUT2D eigenvalue weighted by molar-refractivity contribution is -0.126. The highest BCUT2D eigenvalue weighted by Crippen LogP contribution is 2.28. The summed E-state index contributed by atoms with van der Waals surface area (Å²) in [5.41, 5.74) is 2.03. The van der Waals surface area contributed by atoms with Crippen LogP contribution in [0.4, 0.5) is 0 Å². The Balaban J connectivity index is 1.99. The Morgan fingerprint density at radius 3 is 2.38 bits per heavy atom. The molecule has 0 saturated carbocycles. The zero-order chi connectivity index (χ0) is 15.5. The van der Waals surface area contributed by atoms with Gasteiger partial charge in [-0.15, -0.1) is 0 Å².